The Morgan fingerprint density at radius 1 is 1.13 bits per heavy atom. The van der Waals surface area contributed by atoms with E-state index in [9.17, 15) is 9.59 Å². The van der Waals surface area contributed by atoms with Crippen molar-refractivity contribution in [2.45, 2.75) is 67.3 Å². The summed E-state index contributed by atoms with van der Waals surface area (Å²) in [5, 5.41) is 17.9. The number of ether oxygens (including phenoxy) is 1. The number of nitrogens with one attached hydrogen (secondary N) is 3. The highest BCUT2D eigenvalue weighted by Crippen LogP contribution is 2.55. The van der Waals surface area contributed by atoms with Crippen LogP contribution >= 0.6 is 23.1 Å². The van der Waals surface area contributed by atoms with Crippen molar-refractivity contribution in [1.82, 2.24) is 20.8 Å². The van der Waals surface area contributed by atoms with Crippen LogP contribution in [0.1, 0.15) is 51.4 Å². The first kappa shape index (κ1) is 20.5. The van der Waals surface area contributed by atoms with Gasteiger partial charge in [0.05, 0.1) is 11.9 Å². The zero-order chi connectivity index (χ0) is 20.6. The first-order valence-corrected chi connectivity index (χ1v) is 12.8. The van der Waals surface area contributed by atoms with E-state index in [1.165, 1.54) is 42.4 Å². The molecule has 4 saturated carbocycles. The number of rotatable bonds is 7. The Bertz CT molecular complexity index is 760. The first-order chi connectivity index (χ1) is 14.6. The van der Waals surface area contributed by atoms with E-state index < -0.39 is 0 Å². The predicted octanol–water partition coefficient (Wildman–Crippen LogP) is 3.02. The van der Waals surface area contributed by atoms with Gasteiger partial charge in [-0.05, 0) is 69.1 Å². The largest absolute Gasteiger partial charge is 0.376 e. The fourth-order valence-corrected chi connectivity index (χ4v) is 7.73. The summed E-state index contributed by atoms with van der Waals surface area (Å²) >= 11 is 2.72. The smallest absolute Gasteiger partial charge is 0.321 e. The number of amides is 3. The molecule has 164 valence electrons. The van der Waals surface area contributed by atoms with Gasteiger partial charge in [0.15, 0.2) is 4.34 Å². The predicted molar refractivity (Wildman–Crippen MR) is 116 cm³/mol. The Hall–Kier alpha value is -1.39. The van der Waals surface area contributed by atoms with E-state index >= 15 is 0 Å². The number of urea groups is 1. The summed E-state index contributed by atoms with van der Waals surface area (Å²) in [4.78, 5) is 24.7. The third-order valence-corrected chi connectivity index (χ3v) is 8.92. The van der Waals surface area contributed by atoms with E-state index in [0.29, 0.717) is 4.34 Å². The fourth-order valence-electron chi connectivity index (χ4n) is 6.17. The second kappa shape index (κ2) is 8.63. The monoisotopic (exact) mass is 451 g/mol. The van der Waals surface area contributed by atoms with E-state index in [-0.39, 0.29) is 29.3 Å². The topological polar surface area (TPSA) is 105 Å². The standard InChI is InChI=1S/C20H29N5O3S2/c26-16(11-29-19-25-24-18(30-19)21-10-15-2-1-3-28-15)22-17(27)23-20-7-12-4-13(8-20)6-14(5-12)9-20/h12-15H,1-11H2,(H,21,24)(H2,22,23,26,27)/t12?,13?,14?,15-,20?/m0/s1. The first-order valence-electron chi connectivity index (χ1n) is 11.0. The van der Waals surface area contributed by atoms with Crippen LogP contribution in [-0.4, -0.2) is 52.7 Å². The van der Waals surface area contributed by atoms with Crippen LogP contribution in [0, 0.1) is 17.8 Å². The van der Waals surface area contributed by atoms with E-state index in [1.54, 1.807) is 0 Å². The van der Waals surface area contributed by atoms with Gasteiger partial charge in [0.25, 0.3) is 0 Å². The fraction of sp³-hybridized carbons (Fsp3) is 0.800. The summed E-state index contributed by atoms with van der Waals surface area (Å²) in [5.74, 6) is 2.11. The molecular weight excluding hydrogens is 422 g/mol. The Morgan fingerprint density at radius 3 is 2.53 bits per heavy atom. The third-order valence-electron chi connectivity index (χ3n) is 6.91. The highest BCUT2D eigenvalue weighted by Gasteiger charge is 2.51. The molecule has 3 N–H and O–H groups in total. The molecule has 4 bridgehead atoms. The molecule has 0 radical (unpaired) electrons. The van der Waals surface area contributed by atoms with Gasteiger partial charge in [-0.25, -0.2) is 4.79 Å². The average Bonchev–Trinajstić information content (AvgIpc) is 3.35. The van der Waals surface area contributed by atoms with Crippen LogP contribution in [-0.2, 0) is 9.53 Å². The summed E-state index contributed by atoms with van der Waals surface area (Å²) in [6.45, 7) is 1.55. The maximum absolute atomic E-state index is 12.5. The van der Waals surface area contributed by atoms with Gasteiger partial charge in [-0.2, -0.15) is 0 Å². The number of anilines is 1. The number of hydrogen-bond donors (Lipinski definition) is 3. The molecule has 3 amide bonds. The SMILES string of the molecule is O=C(CSc1nnc(NC[C@@H]2CCCO2)s1)NC(=O)NC12CC3CC(CC(C3)C1)C2. The molecule has 0 unspecified atom stereocenters. The minimum absolute atomic E-state index is 0.0882. The summed E-state index contributed by atoms with van der Waals surface area (Å²) in [7, 11) is 0. The summed E-state index contributed by atoms with van der Waals surface area (Å²) in [6.07, 6.45) is 9.60. The van der Waals surface area contributed by atoms with Crippen molar-refractivity contribution in [3.63, 3.8) is 0 Å². The van der Waals surface area contributed by atoms with Crippen molar-refractivity contribution >= 4 is 40.2 Å². The molecule has 30 heavy (non-hydrogen) atoms. The van der Waals surface area contributed by atoms with E-state index in [0.717, 1.165) is 68.1 Å². The molecule has 6 rings (SSSR count). The Kier molecular flexibility index (Phi) is 5.90. The molecule has 0 spiro atoms. The van der Waals surface area contributed by atoms with Gasteiger partial charge in [0, 0.05) is 18.7 Å². The summed E-state index contributed by atoms with van der Waals surface area (Å²) < 4.78 is 6.29. The number of carbonyl (C=O) groups excluding carboxylic acids is 2. The highest BCUT2D eigenvalue weighted by molar-refractivity contribution is 8.01. The molecule has 1 saturated heterocycles. The van der Waals surface area contributed by atoms with Crippen molar-refractivity contribution in [2.75, 3.05) is 24.2 Å². The lowest BCUT2D eigenvalue weighted by molar-refractivity contribution is -0.117. The minimum atomic E-state index is -0.348. The summed E-state index contributed by atoms with van der Waals surface area (Å²) in [5.41, 5.74) is -0.0882. The number of nitrogens with zero attached hydrogens (tertiary/aromatic N) is 2. The molecule has 8 nitrogen and oxygen atoms in total. The van der Waals surface area contributed by atoms with Gasteiger partial charge in [0.2, 0.25) is 11.0 Å². The molecule has 4 aliphatic carbocycles. The van der Waals surface area contributed by atoms with Crippen LogP contribution in [0.3, 0.4) is 0 Å². The average molecular weight is 452 g/mol. The van der Waals surface area contributed by atoms with E-state index in [2.05, 4.69) is 26.1 Å². The van der Waals surface area contributed by atoms with Crippen molar-refractivity contribution in [3.05, 3.63) is 0 Å². The lowest BCUT2D eigenvalue weighted by Gasteiger charge is -2.56. The molecule has 1 aliphatic heterocycles. The molecule has 10 heteroatoms. The second-order valence-corrected chi connectivity index (χ2v) is 11.6. The number of aromatic nitrogens is 2. The maximum atomic E-state index is 12.5. The van der Waals surface area contributed by atoms with Crippen LogP contribution in [0.2, 0.25) is 0 Å². The van der Waals surface area contributed by atoms with Crippen molar-refractivity contribution < 1.29 is 14.3 Å². The highest BCUT2D eigenvalue weighted by atomic mass is 32.2. The normalized spacial score (nSPS) is 34.1. The van der Waals surface area contributed by atoms with Gasteiger partial charge in [-0.1, -0.05) is 23.1 Å². The van der Waals surface area contributed by atoms with Crippen LogP contribution < -0.4 is 16.0 Å². The van der Waals surface area contributed by atoms with Crippen LogP contribution in [0.5, 0.6) is 0 Å². The minimum Gasteiger partial charge on any atom is -0.376 e. The molecule has 1 aromatic heterocycles. The third kappa shape index (κ3) is 4.75. The molecule has 5 fully saturated rings. The molecule has 5 aliphatic rings. The Balaban J connectivity index is 1.05. The number of imide groups is 1. The van der Waals surface area contributed by atoms with Gasteiger partial charge in [-0.15, -0.1) is 10.2 Å². The van der Waals surface area contributed by atoms with Crippen LogP contribution in [0.15, 0.2) is 4.34 Å². The molecule has 0 aromatic carbocycles. The van der Waals surface area contributed by atoms with Crippen LogP contribution in [0.4, 0.5) is 9.93 Å². The van der Waals surface area contributed by atoms with Gasteiger partial charge in [0.1, 0.15) is 0 Å². The Labute approximate surface area is 184 Å². The lowest BCUT2D eigenvalue weighted by Crippen LogP contribution is -2.61. The second-order valence-electron chi connectivity index (χ2n) is 9.38. The quantitative estimate of drug-likeness (QED) is 0.547. The maximum Gasteiger partial charge on any atom is 0.321 e. The van der Waals surface area contributed by atoms with Crippen molar-refractivity contribution in [3.8, 4) is 0 Å². The zero-order valence-electron chi connectivity index (χ0n) is 17.0. The van der Waals surface area contributed by atoms with Crippen molar-refractivity contribution in [1.29, 1.82) is 0 Å². The van der Waals surface area contributed by atoms with E-state index in [4.69, 9.17) is 4.74 Å². The Morgan fingerprint density at radius 2 is 1.87 bits per heavy atom. The molecule has 1 atom stereocenters. The van der Waals surface area contributed by atoms with Crippen molar-refractivity contribution in [2.24, 2.45) is 17.8 Å². The summed E-state index contributed by atoms with van der Waals surface area (Å²) in [6, 6.07) is -0.348. The van der Waals surface area contributed by atoms with E-state index in [1.807, 2.05) is 0 Å². The molecule has 2 heterocycles. The zero-order valence-corrected chi connectivity index (χ0v) is 18.7. The van der Waals surface area contributed by atoms with Gasteiger partial charge >= 0.3 is 6.03 Å². The lowest BCUT2D eigenvalue weighted by atomic mass is 9.53. The van der Waals surface area contributed by atoms with Gasteiger partial charge in [-0.3, -0.25) is 10.1 Å². The molecule has 1 aromatic rings. The number of carbonyl (C=O) groups is 2. The van der Waals surface area contributed by atoms with Gasteiger partial charge < -0.3 is 15.4 Å². The molecular formula is C20H29N5O3S2. The number of hydrogen-bond acceptors (Lipinski definition) is 8. The number of thioether (sulfide) groups is 1. The van der Waals surface area contributed by atoms with Crippen LogP contribution in [0.25, 0.3) is 0 Å².